The number of hydrogen-bond acceptors (Lipinski definition) is 5. The minimum Gasteiger partial charge on any atom is -0.476 e. The second-order valence-corrected chi connectivity index (χ2v) is 4.16. The number of aromatic nitrogens is 4. The van der Waals surface area contributed by atoms with E-state index in [2.05, 4.69) is 15.5 Å². The molecule has 2 heterocycles. The fourth-order valence-corrected chi connectivity index (χ4v) is 1.76. The lowest BCUT2D eigenvalue weighted by Gasteiger charge is -1.93. The first kappa shape index (κ1) is 12.1. The van der Waals surface area contributed by atoms with Gasteiger partial charge in [-0.1, -0.05) is 40.7 Å². The molecule has 0 saturated carbocycles. The first-order chi connectivity index (χ1) is 9.72. The third-order valence-electron chi connectivity index (χ3n) is 2.70. The molecule has 1 N–H and O–H groups in total. The predicted molar refractivity (Wildman–Crippen MR) is 68.0 cm³/mol. The van der Waals surface area contributed by atoms with E-state index < -0.39 is 5.97 Å². The van der Waals surface area contributed by atoms with Gasteiger partial charge in [0.25, 0.3) is 0 Å². The Balaban J connectivity index is 1.78. The van der Waals surface area contributed by atoms with Gasteiger partial charge in [0.15, 0.2) is 11.5 Å². The molecule has 0 aliphatic carbocycles. The summed E-state index contributed by atoms with van der Waals surface area (Å²) >= 11 is 0. The van der Waals surface area contributed by atoms with Crippen LogP contribution >= 0.6 is 0 Å². The molecule has 0 spiro atoms. The summed E-state index contributed by atoms with van der Waals surface area (Å²) in [5.74, 6) is -0.458. The molecule has 3 aromatic rings. The van der Waals surface area contributed by atoms with Crippen molar-refractivity contribution in [2.75, 3.05) is 0 Å². The van der Waals surface area contributed by atoms with Crippen molar-refractivity contribution < 1.29 is 14.4 Å². The smallest absolute Gasteiger partial charge is 0.358 e. The van der Waals surface area contributed by atoms with Crippen molar-refractivity contribution in [3.05, 3.63) is 54.0 Å². The maximum atomic E-state index is 10.7. The number of aromatic carboxylic acids is 1. The number of benzene rings is 1. The summed E-state index contributed by atoms with van der Waals surface area (Å²) in [6.45, 7) is 0.302. The number of carbonyl (C=O) groups is 1. The fraction of sp³-hybridized carbons (Fsp3) is 0.0769. The Morgan fingerprint density at radius 1 is 1.30 bits per heavy atom. The zero-order valence-electron chi connectivity index (χ0n) is 10.3. The van der Waals surface area contributed by atoms with Gasteiger partial charge in [-0.25, -0.2) is 9.48 Å². The first-order valence-electron chi connectivity index (χ1n) is 5.87. The molecule has 7 heteroatoms. The Bertz CT molecular complexity index is 733. The largest absolute Gasteiger partial charge is 0.476 e. The fourth-order valence-electron chi connectivity index (χ4n) is 1.76. The highest BCUT2D eigenvalue weighted by atomic mass is 16.5. The highest BCUT2D eigenvalue weighted by Crippen LogP contribution is 2.19. The monoisotopic (exact) mass is 270 g/mol. The molecule has 0 radical (unpaired) electrons. The SMILES string of the molecule is O=C(O)c1cn(Cc2cc(-c3ccccc3)on2)nn1. The van der Waals surface area contributed by atoms with Crippen LogP contribution in [0.25, 0.3) is 11.3 Å². The van der Waals surface area contributed by atoms with E-state index in [9.17, 15) is 4.79 Å². The Labute approximate surface area is 113 Å². The molecule has 0 unspecified atom stereocenters. The van der Waals surface area contributed by atoms with E-state index >= 15 is 0 Å². The molecule has 100 valence electrons. The van der Waals surface area contributed by atoms with Crippen molar-refractivity contribution in [1.82, 2.24) is 20.2 Å². The van der Waals surface area contributed by atoms with Gasteiger partial charge in [-0.15, -0.1) is 5.10 Å². The highest BCUT2D eigenvalue weighted by molar-refractivity contribution is 5.84. The molecule has 20 heavy (non-hydrogen) atoms. The van der Waals surface area contributed by atoms with Crippen LogP contribution < -0.4 is 0 Å². The molecule has 0 saturated heterocycles. The topological polar surface area (TPSA) is 94.0 Å². The summed E-state index contributed by atoms with van der Waals surface area (Å²) in [5, 5.41) is 19.9. The molecule has 7 nitrogen and oxygen atoms in total. The van der Waals surface area contributed by atoms with E-state index in [4.69, 9.17) is 9.63 Å². The van der Waals surface area contributed by atoms with Gasteiger partial charge in [0, 0.05) is 11.6 Å². The second-order valence-electron chi connectivity index (χ2n) is 4.16. The molecule has 3 rings (SSSR count). The highest BCUT2D eigenvalue weighted by Gasteiger charge is 2.11. The van der Waals surface area contributed by atoms with E-state index in [0.717, 1.165) is 5.56 Å². The number of rotatable bonds is 4. The van der Waals surface area contributed by atoms with Crippen molar-refractivity contribution in [3.63, 3.8) is 0 Å². The average molecular weight is 270 g/mol. The van der Waals surface area contributed by atoms with Gasteiger partial charge in [0.2, 0.25) is 0 Å². The van der Waals surface area contributed by atoms with Crippen LogP contribution in [0, 0.1) is 0 Å². The van der Waals surface area contributed by atoms with Crippen LogP contribution in [-0.2, 0) is 6.54 Å². The van der Waals surface area contributed by atoms with Crippen LogP contribution in [0.1, 0.15) is 16.2 Å². The van der Waals surface area contributed by atoms with Crippen molar-refractivity contribution >= 4 is 5.97 Å². The molecule has 0 atom stereocenters. The normalized spacial score (nSPS) is 10.6. The molecule has 1 aromatic carbocycles. The van der Waals surface area contributed by atoms with Crippen LogP contribution in [0.5, 0.6) is 0 Å². The molecule has 0 aliphatic heterocycles. The standard InChI is InChI=1S/C13H10N4O3/c18-13(19)11-8-17(16-14-11)7-10-6-12(20-15-10)9-4-2-1-3-5-9/h1-6,8H,7H2,(H,18,19). The second kappa shape index (κ2) is 4.96. The van der Waals surface area contributed by atoms with Crippen LogP contribution in [0.2, 0.25) is 0 Å². The van der Waals surface area contributed by atoms with E-state index in [-0.39, 0.29) is 5.69 Å². The van der Waals surface area contributed by atoms with Crippen LogP contribution in [0.3, 0.4) is 0 Å². The number of carboxylic acid groups (broad SMARTS) is 1. The summed E-state index contributed by atoms with van der Waals surface area (Å²) in [6.07, 6.45) is 1.35. The first-order valence-corrected chi connectivity index (χ1v) is 5.87. The summed E-state index contributed by atoms with van der Waals surface area (Å²) in [6, 6.07) is 11.4. The molecular formula is C13H10N4O3. The molecular weight excluding hydrogens is 260 g/mol. The number of carboxylic acids is 1. The van der Waals surface area contributed by atoms with Crippen molar-refractivity contribution in [3.8, 4) is 11.3 Å². The van der Waals surface area contributed by atoms with Crippen LogP contribution in [0.15, 0.2) is 47.1 Å². The van der Waals surface area contributed by atoms with E-state index in [0.29, 0.717) is 18.0 Å². The minimum absolute atomic E-state index is 0.100. The summed E-state index contributed by atoms with van der Waals surface area (Å²) in [7, 11) is 0. The lowest BCUT2D eigenvalue weighted by Crippen LogP contribution is -2.00. The van der Waals surface area contributed by atoms with Gasteiger partial charge in [0.1, 0.15) is 5.69 Å². The van der Waals surface area contributed by atoms with Crippen LogP contribution in [-0.4, -0.2) is 31.2 Å². The number of hydrogen-bond donors (Lipinski definition) is 1. The molecule has 0 bridgehead atoms. The summed E-state index contributed by atoms with van der Waals surface area (Å²) < 4.78 is 6.65. The van der Waals surface area contributed by atoms with Gasteiger partial charge in [-0.05, 0) is 0 Å². The van der Waals surface area contributed by atoms with E-state index in [1.807, 2.05) is 30.3 Å². The van der Waals surface area contributed by atoms with E-state index in [1.54, 1.807) is 6.07 Å². The maximum Gasteiger partial charge on any atom is 0.358 e. The van der Waals surface area contributed by atoms with Gasteiger partial charge in [-0.3, -0.25) is 0 Å². The third-order valence-corrected chi connectivity index (χ3v) is 2.70. The Morgan fingerprint density at radius 2 is 2.10 bits per heavy atom. The van der Waals surface area contributed by atoms with Crippen molar-refractivity contribution in [1.29, 1.82) is 0 Å². The van der Waals surface area contributed by atoms with Crippen LogP contribution in [0.4, 0.5) is 0 Å². The van der Waals surface area contributed by atoms with Gasteiger partial charge < -0.3 is 9.63 Å². The van der Waals surface area contributed by atoms with Gasteiger partial charge in [0.05, 0.1) is 12.7 Å². The zero-order chi connectivity index (χ0) is 13.9. The Hall–Kier alpha value is -2.96. The minimum atomic E-state index is -1.11. The molecule has 2 aromatic heterocycles. The predicted octanol–water partition coefficient (Wildman–Crippen LogP) is 1.68. The van der Waals surface area contributed by atoms with Crippen molar-refractivity contribution in [2.45, 2.75) is 6.54 Å². The van der Waals surface area contributed by atoms with Crippen molar-refractivity contribution in [2.24, 2.45) is 0 Å². The van der Waals surface area contributed by atoms with E-state index in [1.165, 1.54) is 10.9 Å². The lowest BCUT2D eigenvalue weighted by atomic mass is 10.2. The summed E-state index contributed by atoms with van der Waals surface area (Å²) in [5.41, 5.74) is 1.47. The molecule has 0 fully saturated rings. The maximum absolute atomic E-state index is 10.7. The lowest BCUT2D eigenvalue weighted by molar-refractivity contribution is 0.0690. The molecule has 0 amide bonds. The third kappa shape index (κ3) is 2.41. The zero-order valence-corrected chi connectivity index (χ0v) is 10.3. The summed E-state index contributed by atoms with van der Waals surface area (Å²) in [4.78, 5) is 10.7. The Morgan fingerprint density at radius 3 is 2.80 bits per heavy atom. The van der Waals surface area contributed by atoms with Gasteiger partial charge in [-0.2, -0.15) is 0 Å². The average Bonchev–Trinajstić information content (AvgIpc) is 3.10. The number of nitrogens with zero attached hydrogens (tertiary/aromatic N) is 4. The Kier molecular flexibility index (Phi) is 3.00. The quantitative estimate of drug-likeness (QED) is 0.775. The van der Waals surface area contributed by atoms with Gasteiger partial charge >= 0.3 is 5.97 Å². The molecule has 0 aliphatic rings.